The normalized spacial score (nSPS) is 20.3. The summed E-state index contributed by atoms with van der Waals surface area (Å²) in [6.07, 6.45) is 3.61. The van der Waals surface area contributed by atoms with Gasteiger partial charge in [0.15, 0.2) is 16.6 Å². The summed E-state index contributed by atoms with van der Waals surface area (Å²) in [5.41, 5.74) is 6.22. The number of ether oxygens (including phenoxy) is 2. The number of fused-ring (bicyclic) bond motifs is 2. The van der Waals surface area contributed by atoms with E-state index >= 15 is 0 Å². The minimum atomic E-state index is -0.329. The van der Waals surface area contributed by atoms with E-state index < -0.39 is 0 Å². The van der Waals surface area contributed by atoms with E-state index in [0.717, 1.165) is 60.2 Å². The number of aliphatic hydroxyl groups excluding tert-OH is 2. The van der Waals surface area contributed by atoms with Crippen LogP contribution >= 0.6 is 23.2 Å². The van der Waals surface area contributed by atoms with Gasteiger partial charge in [-0.05, 0) is 54.5 Å². The molecule has 2 fully saturated rings. The topological polar surface area (TPSA) is 157 Å². The largest absolute Gasteiger partial charge is 0.481 e. The van der Waals surface area contributed by atoms with Gasteiger partial charge >= 0.3 is 0 Å². The molecule has 0 amide bonds. The van der Waals surface area contributed by atoms with Crippen molar-refractivity contribution in [2.45, 2.75) is 57.1 Å². The quantitative estimate of drug-likeness (QED) is 0.161. The van der Waals surface area contributed by atoms with Crippen molar-refractivity contribution in [2.75, 3.05) is 39.8 Å². The highest BCUT2D eigenvalue weighted by Crippen LogP contribution is 2.45. The van der Waals surface area contributed by atoms with E-state index in [1.54, 1.807) is 17.9 Å². The molecule has 3 aromatic heterocycles. The molecule has 5 heterocycles. The van der Waals surface area contributed by atoms with E-state index in [2.05, 4.69) is 20.9 Å². The molecular weight excluding hydrogens is 717 g/mol. The predicted molar refractivity (Wildman–Crippen MR) is 199 cm³/mol. The van der Waals surface area contributed by atoms with Gasteiger partial charge < -0.3 is 28.7 Å². The van der Waals surface area contributed by atoms with Crippen LogP contribution in [0.3, 0.4) is 0 Å². The SMILES string of the molecule is COc1nc(O[C@H]2CCc3c(-c4cccc(-c5nc6c(=N)n(CCN7CC[C@@H](O)C7)cc(C#N)c6o5)c4Cl)cccc32)c(Cl)cc1CN1CC[C@@H](O)C1. The van der Waals surface area contributed by atoms with Crippen LogP contribution in [0.4, 0.5) is 0 Å². The van der Waals surface area contributed by atoms with E-state index in [0.29, 0.717) is 66.5 Å². The molecule has 1 aliphatic carbocycles. The number of oxazole rings is 1. The number of methoxy groups -OCH3 is 1. The maximum atomic E-state index is 9.99. The first-order chi connectivity index (χ1) is 25.7. The molecular formula is C39H39Cl2N7O5. The minimum absolute atomic E-state index is 0.140. The van der Waals surface area contributed by atoms with Gasteiger partial charge in [0.05, 0.1) is 29.9 Å². The number of β-amino-alcohol motifs (C(OH)–C–C–N with tert-alkyl or cyclic N) is 2. The molecule has 2 aromatic carbocycles. The number of nitrogens with zero attached hydrogens (tertiary/aromatic N) is 6. The Bertz CT molecular complexity index is 2300. The van der Waals surface area contributed by atoms with Crippen molar-refractivity contribution in [3.05, 3.63) is 86.4 Å². The highest BCUT2D eigenvalue weighted by atomic mass is 35.5. The van der Waals surface area contributed by atoms with E-state index in [9.17, 15) is 15.5 Å². The summed E-state index contributed by atoms with van der Waals surface area (Å²) in [7, 11) is 1.58. The Morgan fingerprint density at radius 1 is 0.962 bits per heavy atom. The van der Waals surface area contributed by atoms with Crippen molar-refractivity contribution in [3.8, 4) is 40.4 Å². The second-order valence-corrected chi connectivity index (χ2v) is 14.7. The number of nitriles is 1. The second-order valence-electron chi connectivity index (χ2n) is 13.9. The van der Waals surface area contributed by atoms with Gasteiger partial charge in [-0.1, -0.05) is 53.5 Å². The van der Waals surface area contributed by atoms with E-state index in [1.165, 1.54) is 0 Å². The average molecular weight is 757 g/mol. The number of nitrogens with one attached hydrogen (secondary N) is 1. The number of hydrogen-bond donors (Lipinski definition) is 3. The molecule has 5 aromatic rings. The maximum absolute atomic E-state index is 9.99. The number of likely N-dealkylation sites (tertiary alicyclic amines) is 2. The zero-order chi connectivity index (χ0) is 36.8. The molecule has 3 N–H and O–H groups in total. The molecule has 3 aliphatic rings. The molecule has 12 nitrogen and oxygen atoms in total. The summed E-state index contributed by atoms with van der Waals surface area (Å²) in [5.74, 6) is 0.970. The lowest BCUT2D eigenvalue weighted by Crippen LogP contribution is -2.30. The number of rotatable bonds is 10. The highest BCUT2D eigenvalue weighted by Gasteiger charge is 2.30. The number of hydrogen-bond acceptors (Lipinski definition) is 11. The van der Waals surface area contributed by atoms with Crippen molar-refractivity contribution in [1.29, 1.82) is 10.7 Å². The third-order valence-electron chi connectivity index (χ3n) is 10.5. The first kappa shape index (κ1) is 35.5. The van der Waals surface area contributed by atoms with Crippen LogP contribution in [-0.4, -0.2) is 86.6 Å². The number of aromatic nitrogens is 3. The molecule has 0 saturated carbocycles. The standard InChI is InChI=1S/C39H39Cl2N7O5/c1-51-37-22(18-47-13-11-25(50)21-47)16-31(40)39(45-37)52-32-9-8-27-26(4-2-5-28(27)32)29-6-3-7-30(33(29)41)38-44-34-35(53-38)23(17-42)19-48(36(34)43)15-14-46-12-10-24(49)20-46/h2-7,16,19,24-25,32,43,49-50H,8-15,18,20-21H2,1H3/t24-,25-,32+/m1/s1. The number of aliphatic hydroxyl groups is 2. The summed E-state index contributed by atoms with van der Waals surface area (Å²) in [6, 6.07) is 15.8. The number of pyridine rings is 2. The fourth-order valence-electron chi connectivity index (χ4n) is 7.81. The monoisotopic (exact) mass is 755 g/mol. The van der Waals surface area contributed by atoms with Crippen molar-refractivity contribution >= 4 is 34.3 Å². The average Bonchev–Trinajstić information content (AvgIpc) is 3.97. The van der Waals surface area contributed by atoms with Gasteiger partial charge in [0.25, 0.3) is 0 Å². The lowest BCUT2D eigenvalue weighted by atomic mass is 9.95. The van der Waals surface area contributed by atoms with Gasteiger partial charge in [0.2, 0.25) is 17.7 Å². The van der Waals surface area contributed by atoms with Crippen molar-refractivity contribution in [3.63, 3.8) is 0 Å². The molecule has 2 saturated heterocycles. The van der Waals surface area contributed by atoms with E-state index in [-0.39, 0.29) is 46.4 Å². The summed E-state index contributed by atoms with van der Waals surface area (Å²) in [6.45, 7) is 4.48. The lowest BCUT2D eigenvalue weighted by Gasteiger charge is -2.20. The van der Waals surface area contributed by atoms with Crippen LogP contribution in [-0.2, 0) is 19.5 Å². The van der Waals surface area contributed by atoms with Crippen molar-refractivity contribution < 1.29 is 24.1 Å². The molecule has 3 atom stereocenters. The molecule has 53 heavy (non-hydrogen) atoms. The lowest BCUT2D eigenvalue weighted by molar-refractivity contribution is 0.174. The van der Waals surface area contributed by atoms with Gasteiger partial charge in [-0.3, -0.25) is 15.2 Å². The van der Waals surface area contributed by atoms with Gasteiger partial charge in [-0.15, -0.1) is 0 Å². The van der Waals surface area contributed by atoms with Crippen LogP contribution in [0.5, 0.6) is 11.8 Å². The predicted octanol–water partition coefficient (Wildman–Crippen LogP) is 5.72. The molecule has 0 radical (unpaired) electrons. The smallest absolute Gasteiger partial charge is 0.236 e. The number of benzene rings is 2. The molecule has 0 unspecified atom stereocenters. The summed E-state index contributed by atoms with van der Waals surface area (Å²) < 4.78 is 20.0. The van der Waals surface area contributed by atoms with E-state index in [1.807, 2.05) is 42.5 Å². The van der Waals surface area contributed by atoms with Crippen molar-refractivity contribution in [2.24, 2.45) is 0 Å². The summed E-state index contributed by atoms with van der Waals surface area (Å²) in [5, 5.41) is 39.6. The first-order valence-corrected chi connectivity index (χ1v) is 18.6. The van der Waals surface area contributed by atoms with Gasteiger partial charge in [-0.25, -0.2) is 4.98 Å². The second kappa shape index (κ2) is 14.7. The number of halogens is 2. The maximum Gasteiger partial charge on any atom is 0.236 e. The van der Waals surface area contributed by atoms with Crippen LogP contribution in [0.25, 0.3) is 33.7 Å². The Balaban J connectivity index is 1.07. The van der Waals surface area contributed by atoms with Gasteiger partial charge in [0.1, 0.15) is 22.8 Å². The Kier molecular flexibility index (Phi) is 9.89. The minimum Gasteiger partial charge on any atom is -0.481 e. The Morgan fingerprint density at radius 3 is 2.43 bits per heavy atom. The molecule has 14 heteroatoms. The van der Waals surface area contributed by atoms with Gasteiger partial charge in [-0.2, -0.15) is 10.2 Å². The third-order valence-corrected chi connectivity index (χ3v) is 11.2. The van der Waals surface area contributed by atoms with Crippen LogP contribution < -0.4 is 15.0 Å². The zero-order valence-corrected chi connectivity index (χ0v) is 30.7. The Morgan fingerprint density at radius 2 is 1.70 bits per heavy atom. The Labute approximate surface area is 316 Å². The summed E-state index contributed by atoms with van der Waals surface area (Å²) in [4.78, 5) is 13.6. The fourth-order valence-corrected chi connectivity index (χ4v) is 8.34. The molecule has 0 spiro atoms. The fraction of sp³-hybridized carbons (Fsp3) is 0.385. The molecule has 0 bridgehead atoms. The molecule has 8 rings (SSSR count). The third kappa shape index (κ3) is 6.89. The van der Waals surface area contributed by atoms with Crippen LogP contribution in [0.15, 0.2) is 53.1 Å². The van der Waals surface area contributed by atoms with Gasteiger partial charge in [0, 0.05) is 63.1 Å². The highest BCUT2D eigenvalue weighted by molar-refractivity contribution is 6.36. The van der Waals surface area contributed by atoms with Crippen molar-refractivity contribution in [1.82, 2.24) is 24.3 Å². The summed E-state index contributed by atoms with van der Waals surface area (Å²) >= 11 is 13.9. The first-order valence-electron chi connectivity index (χ1n) is 17.8. The molecule has 2 aliphatic heterocycles. The van der Waals surface area contributed by atoms with Crippen LogP contribution in [0.2, 0.25) is 10.0 Å². The zero-order valence-electron chi connectivity index (χ0n) is 29.2. The van der Waals surface area contributed by atoms with E-state index in [4.69, 9.17) is 47.5 Å². The van der Waals surface area contributed by atoms with Crippen LogP contribution in [0.1, 0.15) is 47.6 Å². The van der Waals surface area contributed by atoms with Crippen LogP contribution in [0, 0.1) is 16.7 Å². The Hall–Kier alpha value is -4.48. The molecule has 274 valence electrons.